The van der Waals surface area contributed by atoms with Gasteiger partial charge in [-0.25, -0.2) is 5.01 Å². The molecule has 0 saturated carbocycles. The highest BCUT2D eigenvalue weighted by molar-refractivity contribution is 6.05. The largest absolute Gasteiger partial charge is 0.496 e. The van der Waals surface area contributed by atoms with Gasteiger partial charge < -0.3 is 4.74 Å². The number of para-hydroxylation sites is 1. The van der Waals surface area contributed by atoms with Crippen molar-refractivity contribution in [3.63, 3.8) is 0 Å². The minimum absolute atomic E-state index is 0.0795. The maximum atomic E-state index is 12.8. The van der Waals surface area contributed by atoms with E-state index in [0.717, 1.165) is 36.3 Å². The molecule has 2 aromatic rings. The normalized spacial score (nSPS) is 15.7. The molecule has 0 N–H and O–H groups in total. The lowest BCUT2D eigenvalue weighted by molar-refractivity contribution is -0.135. The van der Waals surface area contributed by atoms with Gasteiger partial charge in [-0.05, 0) is 44.4 Å². The van der Waals surface area contributed by atoms with Crippen LogP contribution in [0.25, 0.3) is 0 Å². The zero-order valence-corrected chi connectivity index (χ0v) is 15.7. The lowest BCUT2D eigenvalue weighted by atomic mass is 9.94. The third-order valence-electron chi connectivity index (χ3n) is 4.75. The Hall–Kier alpha value is -2.62. The van der Waals surface area contributed by atoms with Gasteiger partial charge in [0.05, 0.1) is 18.4 Å². The van der Waals surface area contributed by atoms with Crippen molar-refractivity contribution in [3.05, 3.63) is 65.7 Å². The van der Waals surface area contributed by atoms with E-state index < -0.39 is 0 Å². The highest BCUT2D eigenvalue weighted by atomic mass is 16.5. The van der Waals surface area contributed by atoms with Crippen molar-refractivity contribution in [3.8, 4) is 5.75 Å². The quantitative estimate of drug-likeness (QED) is 0.773. The first kappa shape index (κ1) is 18.2. The van der Waals surface area contributed by atoms with Gasteiger partial charge in [0.25, 0.3) is 0 Å². The number of ether oxygens (including phenoxy) is 1. The van der Waals surface area contributed by atoms with E-state index in [1.807, 2.05) is 42.5 Å². The van der Waals surface area contributed by atoms with Crippen LogP contribution in [0.3, 0.4) is 0 Å². The molecule has 1 amide bonds. The van der Waals surface area contributed by atoms with Crippen molar-refractivity contribution in [1.82, 2.24) is 5.01 Å². The van der Waals surface area contributed by atoms with Crippen molar-refractivity contribution in [2.45, 2.75) is 45.1 Å². The van der Waals surface area contributed by atoms with Crippen LogP contribution in [0.2, 0.25) is 0 Å². The molecule has 1 aliphatic heterocycles. The molecule has 3 rings (SSSR count). The Bertz CT molecular complexity index is 797. The lowest BCUT2D eigenvalue weighted by Gasteiger charge is -2.28. The molecule has 1 heterocycles. The van der Waals surface area contributed by atoms with Crippen LogP contribution in [0.1, 0.15) is 44.2 Å². The molecule has 0 fully saturated rings. The molecule has 0 unspecified atom stereocenters. The summed E-state index contributed by atoms with van der Waals surface area (Å²) in [5.74, 6) is 0.872. The maximum Gasteiger partial charge on any atom is 0.243 e. The van der Waals surface area contributed by atoms with Gasteiger partial charge in [-0.15, -0.1) is 0 Å². The zero-order chi connectivity index (χ0) is 18.6. The molecule has 4 nitrogen and oxygen atoms in total. The number of nitrogens with zero attached hydrogens (tertiary/aromatic N) is 2. The van der Waals surface area contributed by atoms with Crippen LogP contribution in [0.5, 0.6) is 5.75 Å². The predicted molar refractivity (Wildman–Crippen MR) is 104 cm³/mol. The van der Waals surface area contributed by atoms with E-state index in [2.05, 4.69) is 31.1 Å². The molecule has 26 heavy (non-hydrogen) atoms. The Morgan fingerprint density at radius 1 is 1.12 bits per heavy atom. The highest BCUT2D eigenvalue weighted by Gasteiger charge is 2.38. The summed E-state index contributed by atoms with van der Waals surface area (Å²) < 4.78 is 5.45. The van der Waals surface area contributed by atoms with E-state index in [1.165, 1.54) is 5.56 Å². The molecule has 1 aliphatic rings. The molecule has 0 atom stereocenters. The van der Waals surface area contributed by atoms with E-state index in [1.54, 1.807) is 12.1 Å². The summed E-state index contributed by atoms with van der Waals surface area (Å²) in [6, 6.07) is 18.1. The molecule has 0 aliphatic carbocycles. The van der Waals surface area contributed by atoms with Crippen LogP contribution in [0.4, 0.5) is 0 Å². The van der Waals surface area contributed by atoms with Crippen LogP contribution < -0.4 is 4.74 Å². The smallest absolute Gasteiger partial charge is 0.243 e. The third kappa shape index (κ3) is 3.96. The van der Waals surface area contributed by atoms with Gasteiger partial charge in [-0.3, -0.25) is 4.79 Å². The van der Waals surface area contributed by atoms with Crippen molar-refractivity contribution in [2.24, 2.45) is 5.10 Å². The number of carbonyl (C=O) groups excluding carboxylic acids is 1. The van der Waals surface area contributed by atoms with E-state index in [-0.39, 0.29) is 11.4 Å². The number of hydrazone groups is 1. The minimum atomic E-state index is -0.319. The minimum Gasteiger partial charge on any atom is -0.496 e. The summed E-state index contributed by atoms with van der Waals surface area (Å²) in [5.41, 5.74) is 2.81. The fourth-order valence-electron chi connectivity index (χ4n) is 3.40. The SMILES string of the molecule is COc1ccccc1C1=NN(C(=O)CCCc2ccccc2)C(C)(C)C1. The summed E-state index contributed by atoms with van der Waals surface area (Å²) in [7, 11) is 1.66. The van der Waals surface area contributed by atoms with Crippen molar-refractivity contribution >= 4 is 11.6 Å². The number of carbonyl (C=O) groups is 1. The van der Waals surface area contributed by atoms with Crippen LogP contribution in [-0.4, -0.2) is 29.3 Å². The van der Waals surface area contributed by atoms with Gasteiger partial charge in [0, 0.05) is 18.4 Å². The van der Waals surface area contributed by atoms with Crippen molar-refractivity contribution < 1.29 is 9.53 Å². The first-order chi connectivity index (χ1) is 12.5. The lowest BCUT2D eigenvalue weighted by Crippen LogP contribution is -2.40. The molecule has 0 spiro atoms. The van der Waals surface area contributed by atoms with Gasteiger partial charge >= 0.3 is 0 Å². The number of benzene rings is 2. The molecule has 2 aromatic carbocycles. The predicted octanol–water partition coefficient (Wildman–Crippen LogP) is 4.43. The molecule has 0 radical (unpaired) electrons. The number of amides is 1. The number of hydrogen-bond donors (Lipinski definition) is 0. The maximum absolute atomic E-state index is 12.8. The van der Waals surface area contributed by atoms with Gasteiger partial charge in [0.15, 0.2) is 0 Å². The summed E-state index contributed by atoms with van der Waals surface area (Å²) in [4.78, 5) is 12.8. The number of aryl methyl sites for hydroxylation is 1. The van der Waals surface area contributed by atoms with Gasteiger partial charge in [0.1, 0.15) is 5.75 Å². The number of hydrogen-bond acceptors (Lipinski definition) is 3. The molecule has 0 bridgehead atoms. The average molecular weight is 350 g/mol. The fraction of sp³-hybridized carbons (Fsp3) is 0.364. The molecule has 0 saturated heterocycles. The van der Waals surface area contributed by atoms with Crippen molar-refractivity contribution in [1.29, 1.82) is 0 Å². The first-order valence-electron chi connectivity index (χ1n) is 9.09. The topological polar surface area (TPSA) is 41.9 Å². The van der Waals surface area contributed by atoms with Crippen molar-refractivity contribution in [2.75, 3.05) is 7.11 Å². The second-order valence-corrected chi connectivity index (χ2v) is 7.28. The van der Waals surface area contributed by atoms with Crippen LogP contribution in [0.15, 0.2) is 59.7 Å². The van der Waals surface area contributed by atoms with Gasteiger partial charge in [-0.2, -0.15) is 5.10 Å². The Balaban J connectivity index is 1.69. The Morgan fingerprint density at radius 3 is 2.54 bits per heavy atom. The molecule has 0 aromatic heterocycles. The second kappa shape index (κ2) is 7.73. The van der Waals surface area contributed by atoms with Gasteiger partial charge in [0.2, 0.25) is 5.91 Å². The molecule has 136 valence electrons. The summed E-state index contributed by atoms with van der Waals surface area (Å²) >= 11 is 0. The van der Waals surface area contributed by atoms with Crippen LogP contribution in [-0.2, 0) is 11.2 Å². The third-order valence-corrected chi connectivity index (χ3v) is 4.75. The monoisotopic (exact) mass is 350 g/mol. The van der Waals surface area contributed by atoms with Gasteiger partial charge in [-0.1, -0.05) is 42.5 Å². The second-order valence-electron chi connectivity index (χ2n) is 7.28. The average Bonchev–Trinajstić information content (AvgIpc) is 2.97. The van der Waals surface area contributed by atoms with E-state index in [4.69, 9.17) is 4.74 Å². The molecule has 4 heteroatoms. The molecular weight excluding hydrogens is 324 g/mol. The summed E-state index contributed by atoms with van der Waals surface area (Å²) in [5, 5.41) is 6.33. The molecular formula is C22H26N2O2. The Labute approximate surface area is 155 Å². The zero-order valence-electron chi connectivity index (χ0n) is 15.7. The summed E-state index contributed by atoms with van der Waals surface area (Å²) in [6.45, 7) is 4.13. The standard InChI is InChI=1S/C22H26N2O2/c1-22(2)16-19(18-13-7-8-14-20(18)26-3)23-24(22)21(25)15-9-12-17-10-5-4-6-11-17/h4-8,10-11,13-14H,9,12,15-16H2,1-3H3. The Morgan fingerprint density at radius 2 is 1.81 bits per heavy atom. The Kier molecular flexibility index (Phi) is 5.40. The number of methoxy groups -OCH3 is 1. The first-order valence-corrected chi connectivity index (χ1v) is 9.09. The fourth-order valence-corrected chi connectivity index (χ4v) is 3.40. The summed E-state index contributed by atoms with van der Waals surface area (Å²) in [6.07, 6.45) is 2.96. The highest BCUT2D eigenvalue weighted by Crippen LogP contribution is 2.33. The van der Waals surface area contributed by atoms with Crippen LogP contribution in [0, 0.1) is 0 Å². The van der Waals surface area contributed by atoms with E-state index in [9.17, 15) is 4.79 Å². The van der Waals surface area contributed by atoms with E-state index >= 15 is 0 Å². The van der Waals surface area contributed by atoms with Crippen LogP contribution >= 0.6 is 0 Å². The number of rotatable bonds is 6. The van der Waals surface area contributed by atoms with E-state index in [0.29, 0.717) is 6.42 Å².